The van der Waals surface area contributed by atoms with E-state index in [4.69, 9.17) is 28.4 Å². The summed E-state index contributed by atoms with van der Waals surface area (Å²) in [5.74, 6) is 4.32. The summed E-state index contributed by atoms with van der Waals surface area (Å²) in [6, 6.07) is 0. The largest absolute Gasteiger partial charge is 0.372 e. The molecule has 7 fully saturated rings. The lowest BCUT2D eigenvalue weighted by Crippen LogP contribution is -2.65. The highest BCUT2D eigenvalue weighted by Gasteiger charge is 2.66. The van der Waals surface area contributed by atoms with E-state index in [0.717, 1.165) is 48.3 Å². The van der Waals surface area contributed by atoms with Crippen molar-refractivity contribution < 1.29 is 33.5 Å². The Morgan fingerprint density at radius 1 is 0.792 bits per heavy atom. The second-order valence-electron chi connectivity index (χ2n) is 19.3. The number of hydrogen-bond donors (Lipinski definition) is 1. The number of fused-ring (bicyclic) bond motifs is 6. The molecule has 15 atom stereocenters. The van der Waals surface area contributed by atoms with Crippen LogP contribution in [0.15, 0.2) is 0 Å². The first-order valence-electron chi connectivity index (χ1n) is 19.8. The van der Waals surface area contributed by atoms with E-state index in [-0.39, 0.29) is 12.2 Å². The monoisotopic (exact) mass is 786 g/mol. The highest BCUT2D eigenvalue weighted by Crippen LogP contribution is 2.68. The zero-order valence-corrected chi connectivity index (χ0v) is 33.6. The molecule has 276 valence electrons. The molecule has 7 aliphatic rings. The summed E-state index contributed by atoms with van der Waals surface area (Å²) in [4.78, 5) is 0. The van der Waals surface area contributed by atoms with Crippen LogP contribution >= 0.6 is 22.6 Å². The van der Waals surface area contributed by atoms with Crippen LogP contribution in [-0.4, -0.2) is 63.7 Å². The zero-order chi connectivity index (χ0) is 34.4. The maximum Gasteiger partial charge on any atom is 0.199 e. The summed E-state index contributed by atoms with van der Waals surface area (Å²) >= 11 is 2.09. The summed E-state index contributed by atoms with van der Waals surface area (Å²) in [5.41, 5.74) is 0.906. The maximum absolute atomic E-state index is 12.0. The van der Waals surface area contributed by atoms with Gasteiger partial charge >= 0.3 is 0 Å². The summed E-state index contributed by atoms with van der Waals surface area (Å²) in [6.07, 6.45) is 13.2. The fourth-order valence-corrected chi connectivity index (χ4v) is 13.4. The third-order valence-corrected chi connectivity index (χ3v) is 16.1. The van der Waals surface area contributed by atoms with Gasteiger partial charge in [-0.2, -0.15) is 0 Å². The molecule has 4 aliphatic carbocycles. The molecule has 1 N–H and O–H groups in total. The van der Waals surface area contributed by atoms with E-state index < -0.39 is 39.8 Å². The predicted molar refractivity (Wildman–Crippen MR) is 194 cm³/mol. The molecule has 8 heteroatoms. The van der Waals surface area contributed by atoms with Crippen molar-refractivity contribution in [2.45, 2.75) is 191 Å². The lowest BCUT2D eigenvalue weighted by atomic mass is 9.44. The van der Waals surface area contributed by atoms with Crippen LogP contribution < -0.4 is 0 Å². The van der Waals surface area contributed by atoms with Crippen molar-refractivity contribution >= 4 is 22.6 Å². The second kappa shape index (κ2) is 13.1. The van der Waals surface area contributed by atoms with E-state index in [1.807, 2.05) is 27.7 Å². The molecule has 0 aromatic rings. The number of halogens is 1. The van der Waals surface area contributed by atoms with Gasteiger partial charge < -0.3 is 33.5 Å². The Bertz CT molecular complexity index is 1160. The first kappa shape index (κ1) is 36.8. The molecular formula is C40H67IO7. The molecule has 0 spiro atoms. The Morgan fingerprint density at radius 3 is 2.23 bits per heavy atom. The van der Waals surface area contributed by atoms with Crippen LogP contribution in [0.3, 0.4) is 0 Å². The highest BCUT2D eigenvalue weighted by atomic mass is 127. The van der Waals surface area contributed by atoms with E-state index in [2.05, 4.69) is 57.2 Å². The second-order valence-corrected chi connectivity index (χ2v) is 21.0. The van der Waals surface area contributed by atoms with Crippen molar-refractivity contribution in [2.24, 2.45) is 52.3 Å². The van der Waals surface area contributed by atoms with E-state index in [1.165, 1.54) is 64.2 Å². The molecule has 3 aliphatic heterocycles. The first-order chi connectivity index (χ1) is 22.4. The Labute approximate surface area is 305 Å². The molecule has 0 aromatic carbocycles. The van der Waals surface area contributed by atoms with E-state index in [1.54, 1.807) is 0 Å². The van der Waals surface area contributed by atoms with E-state index in [9.17, 15) is 5.11 Å². The Morgan fingerprint density at radius 2 is 1.52 bits per heavy atom. The van der Waals surface area contributed by atoms with Gasteiger partial charge in [-0.3, -0.25) is 0 Å². The quantitative estimate of drug-likeness (QED) is 0.150. The zero-order valence-electron chi connectivity index (χ0n) is 31.5. The van der Waals surface area contributed by atoms with Gasteiger partial charge in [0.15, 0.2) is 21.5 Å². The van der Waals surface area contributed by atoms with Gasteiger partial charge in [0, 0.05) is 0 Å². The Hall–Kier alpha value is 0.450. The fraction of sp³-hybridized carbons (Fsp3) is 1.00. The lowest BCUT2D eigenvalue weighted by molar-refractivity contribution is -0.316. The van der Waals surface area contributed by atoms with Crippen LogP contribution in [0.1, 0.15) is 139 Å². The predicted octanol–water partition coefficient (Wildman–Crippen LogP) is 9.01. The first-order valence-corrected chi connectivity index (χ1v) is 20.9. The minimum atomic E-state index is -1.39. The SMILES string of the molecule is CC(C)CCC[C@@H](C)[C@H]1CC[C@H]2[C@@H]3CCC4C[C@@H](O[C@@H]5O[C@H](C6COC(C)(C)O6)[C@@H]6OC(C)(C)O[C@@H]6[C@@]5(O)I)CC[C@]4(C)[C@H]3CC[C@]12C. The van der Waals surface area contributed by atoms with Crippen LogP contribution in [0, 0.1) is 52.3 Å². The number of aliphatic hydroxyl groups is 1. The average molecular weight is 787 g/mol. The minimum absolute atomic E-state index is 0.0482. The van der Waals surface area contributed by atoms with Crippen molar-refractivity contribution in [2.75, 3.05) is 6.61 Å². The molecule has 7 nitrogen and oxygen atoms in total. The molecule has 48 heavy (non-hydrogen) atoms. The molecule has 4 saturated carbocycles. The molecule has 7 rings (SSSR count). The molecule has 3 heterocycles. The molecule has 0 amide bonds. The van der Waals surface area contributed by atoms with Gasteiger partial charge in [-0.05, 0) is 160 Å². The van der Waals surface area contributed by atoms with Crippen molar-refractivity contribution in [3.8, 4) is 0 Å². The van der Waals surface area contributed by atoms with Gasteiger partial charge in [0.2, 0.25) is 0 Å². The number of hydrogen-bond acceptors (Lipinski definition) is 7. The van der Waals surface area contributed by atoms with Crippen molar-refractivity contribution in [3.05, 3.63) is 0 Å². The molecular weight excluding hydrogens is 719 g/mol. The molecule has 2 unspecified atom stereocenters. The third kappa shape index (κ3) is 6.51. The smallest absolute Gasteiger partial charge is 0.199 e. The molecule has 0 aromatic heterocycles. The van der Waals surface area contributed by atoms with E-state index >= 15 is 0 Å². The summed E-state index contributed by atoms with van der Waals surface area (Å²) < 4.78 is 37.0. The lowest BCUT2D eigenvalue weighted by Gasteiger charge is -2.61. The standard InChI is InChI=1S/C40H67IO7/c1-23(2)11-10-12-24(3)28-15-16-29-27-14-13-25-21-26(17-19-38(25,8)30(27)18-20-39(28,29)9)44-35-40(41,42)34-33(47-37(6,7)48-34)32(45-35)31-22-43-36(4,5)46-31/h23-35,42H,10-22H2,1-9H3/t24-,25?,26+,27+,28-,29+,30+,31?,32-,33+,34+,35-,38+,39-,40+/m1/s1. The van der Waals surface area contributed by atoms with Gasteiger partial charge in [-0.25, -0.2) is 0 Å². The normalized spacial score (nSPS) is 51.6. The van der Waals surface area contributed by atoms with Crippen molar-refractivity contribution in [1.29, 1.82) is 0 Å². The topological polar surface area (TPSA) is 75.6 Å². The number of ether oxygens (including phenoxy) is 6. The van der Waals surface area contributed by atoms with Crippen LogP contribution in [-0.2, 0) is 28.4 Å². The van der Waals surface area contributed by atoms with Crippen molar-refractivity contribution in [3.63, 3.8) is 0 Å². The van der Waals surface area contributed by atoms with Gasteiger partial charge in [-0.1, -0.05) is 53.9 Å². The van der Waals surface area contributed by atoms with Crippen LogP contribution in [0.2, 0.25) is 0 Å². The minimum Gasteiger partial charge on any atom is -0.372 e. The average Bonchev–Trinajstić information content (AvgIpc) is 3.65. The fourth-order valence-electron chi connectivity index (χ4n) is 12.6. The Kier molecular flexibility index (Phi) is 10.0. The summed E-state index contributed by atoms with van der Waals surface area (Å²) in [5, 5.41) is 12.0. The number of alkyl halides is 1. The maximum atomic E-state index is 12.0. The van der Waals surface area contributed by atoms with Crippen LogP contribution in [0.4, 0.5) is 0 Å². The van der Waals surface area contributed by atoms with Crippen molar-refractivity contribution in [1.82, 2.24) is 0 Å². The van der Waals surface area contributed by atoms with Crippen LogP contribution in [0.5, 0.6) is 0 Å². The highest BCUT2D eigenvalue weighted by molar-refractivity contribution is 14.1. The number of rotatable bonds is 8. The molecule has 0 radical (unpaired) electrons. The van der Waals surface area contributed by atoms with Gasteiger partial charge in [0.1, 0.15) is 24.4 Å². The summed E-state index contributed by atoms with van der Waals surface area (Å²) in [6.45, 7) is 20.7. The molecule has 0 bridgehead atoms. The van der Waals surface area contributed by atoms with Gasteiger partial charge in [-0.15, -0.1) is 0 Å². The van der Waals surface area contributed by atoms with Gasteiger partial charge in [0.05, 0.1) is 12.7 Å². The van der Waals surface area contributed by atoms with Gasteiger partial charge in [0.25, 0.3) is 0 Å². The molecule has 3 saturated heterocycles. The third-order valence-electron chi connectivity index (χ3n) is 15.0. The summed E-state index contributed by atoms with van der Waals surface area (Å²) in [7, 11) is 0. The van der Waals surface area contributed by atoms with E-state index in [0.29, 0.717) is 23.4 Å². The van der Waals surface area contributed by atoms with Crippen LogP contribution in [0.25, 0.3) is 0 Å². The Balaban J connectivity index is 1.02.